The first-order valence-electron chi connectivity index (χ1n) is 10.3. The molecule has 0 saturated carbocycles. The Kier molecular flexibility index (Phi) is 8.13. The molecule has 1 N–H and O–H groups in total. The standard InChI is InChI=1S/C22H28N4O4S/c1-16-5-7-17(8-6-16)21(29)26(11-12-30-2)14-19(27)24-22-23-18(15-31-22)13-20(28)25-9-3-4-10-25/h5-8,15H,3-4,9-14H2,1-2H3,(H,23,24,27). The van der Waals surface area contributed by atoms with Gasteiger partial charge in [-0.15, -0.1) is 11.3 Å². The van der Waals surface area contributed by atoms with E-state index in [1.54, 1.807) is 24.6 Å². The molecule has 2 heterocycles. The highest BCUT2D eigenvalue weighted by Gasteiger charge is 2.21. The van der Waals surface area contributed by atoms with E-state index in [9.17, 15) is 14.4 Å². The molecule has 0 spiro atoms. The average Bonchev–Trinajstić information content (AvgIpc) is 3.43. The number of aromatic nitrogens is 1. The number of hydrogen-bond acceptors (Lipinski definition) is 6. The summed E-state index contributed by atoms with van der Waals surface area (Å²) < 4.78 is 5.09. The Morgan fingerprint density at radius 1 is 1.19 bits per heavy atom. The van der Waals surface area contributed by atoms with Gasteiger partial charge in [0.25, 0.3) is 5.91 Å². The zero-order valence-corrected chi connectivity index (χ0v) is 18.7. The van der Waals surface area contributed by atoms with Crippen LogP contribution in [0.25, 0.3) is 0 Å². The molecule has 0 unspecified atom stereocenters. The number of methoxy groups -OCH3 is 1. The Bertz CT molecular complexity index is 906. The summed E-state index contributed by atoms with van der Waals surface area (Å²) in [5.41, 5.74) is 2.22. The number of amides is 3. The number of carbonyl (C=O) groups is 3. The van der Waals surface area contributed by atoms with Gasteiger partial charge in [0, 0.05) is 37.7 Å². The van der Waals surface area contributed by atoms with E-state index in [0.29, 0.717) is 29.5 Å². The van der Waals surface area contributed by atoms with Gasteiger partial charge in [-0.25, -0.2) is 4.98 Å². The van der Waals surface area contributed by atoms with Crippen LogP contribution in [0.1, 0.15) is 34.5 Å². The van der Waals surface area contributed by atoms with E-state index in [1.807, 2.05) is 24.0 Å². The Hall–Kier alpha value is -2.78. The van der Waals surface area contributed by atoms with Gasteiger partial charge in [0.05, 0.1) is 18.7 Å². The van der Waals surface area contributed by atoms with E-state index in [1.165, 1.54) is 16.2 Å². The highest BCUT2D eigenvalue weighted by atomic mass is 32.1. The first-order valence-corrected chi connectivity index (χ1v) is 11.2. The van der Waals surface area contributed by atoms with Crippen molar-refractivity contribution in [2.45, 2.75) is 26.2 Å². The van der Waals surface area contributed by atoms with Gasteiger partial charge in [0.1, 0.15) is 6.54 Å². The molecular formula is C22H28N4O4S. The third kappa shape index (κ3) is 6.60. The summed E-state index contributed by atoms with van der Waals surface area (Å²) in [5, 5.41) is 4.94. The highest BCUT2D eigenvalue weighted by molar-refractivity contribution is 7.13. The second kappa shape index (κ2) is 11.0. The van der Waals surface area contributed by atoms with Crippen LogP contribution >= 0.6 is 11.3 Å². The van der Waals surface area contributed by atoms with Crippen LogP contribution in [0.15, 0.2) is 29.6 Å². The summed E-state index contributed by atoms with van der Waals surface area (Å²) in [6, 6.07) is 7.23. The second-order valence-electron chi connectivity index (χ2n) is 7.54. The topological polar surface area (TPSA) is 91.8 Å². The molecule has 9 heteroatoms. The predicted octanol–water partition coefficient (Wildman–Crippen LogP) is 2.34. The SMILES string of the molecule is COCCN(CC(=O)Nc1nc(CC(=O)N2CCCC2)cs1)C(=O)c1ccc(C)cc1. The summed E-state index contributed by atoms with van der Waals surface area (Å²) in [6.07, 6.45) is 2.33. The first-order chi connectivity index (χ1) is 15.0. The number of hydrogen-bond donors (Lipinski definition) is 1. The zero-order valence-electron chi connectivity index (χ0n) is 17.9. The van der Waals surface area contributed by atoms with E-state index in [-0.39, 0.29) is 30.7 Å². The van der Waals surface area contributed by atoms with Crippen molar-refractivity contribution in [1.29, 1.82) is 0 Å². The van der Waals surface area contributed by atoms with E-state index in [0.717, 1.165) is 31.5 Å². The Morgan fingerprint density at radius 2 is 1.90 bits per heavy atom. The van der Waals surface area contributed by atoms with E-state index < -0.39 is 0 Å². The van der Waals surface area contributed by atoms with Crippen LogP contribution in [0.4, 0.5) is 5.13 Å². The number of likely N-dealkylation sites (tertiary alicyclic amines) is 1. The molecule has 8 nitrogen and oxygen atoms in total. The van der Waals surface area contributed by atoms with Gasteiger partial charge in [-0.1, -0.05) is 17.7 Å². The fourth-order valence-electron chi connectivity index (χ4n) is 3.34. The molecule has 166 valence electrons. The number of thiazole rings is 1. The molecule has 3 rings (SSSR count). The van der Waals surface area contributed by atoms with Crippen molar-refractivity contribution in [3.05, 3.63) is 46.5 Å². The zero-order chi connectivity index (χ0) is 22.2. The van der Waals surface area contributed by atoms with Gasteiger partial charge in [-0.2, -0.15) is 0 Å². The molecule has 1 fully saturated rings. The minimum absolute atomic E-state index is 0.0649. The van der Waals surface area contributed by atoms with Crippen molar-refractivity contribution in [2.24, 2.45) is 0 Å². The molecule has 1 aliphatic rings. The van der Waals surface area contributed by atoms with Crippen molar-refractivity contribution in [1.82, 2.24) is 14.8 Å². The lowest BCUT2D eigenvalue weighted by molar-refractivity contribution is -0.129. The fourth-order valence-corrected chi connectivity index (χ4v) is 4.07. The third-order valence-electron chi connectivity index (χ3n) is 5.07. The van der Waals surface area contributed by atoms with Crippen molar-refractivity contribution in [3.8, 4) is 0 Å². The number of nitrogens with one attached hydrogen (secondary N) is 1. The Balaban J connectivity index is 1.57. The van der Waals surface area contributed by atoms with Crippen LogP contribution in [-0.2, 0) is 20.7 Å². The molecule has 0 atom stereocenters. The van der Waals surface area contributed by atoms with Gasteiger partial charge < -0.3 is 19.9 Å². The maximum atomic E-state index is 12.8. The molecule has 1 saturated heterocycles. The molecule has 1 aromatic heterocycles. The fraction of sp³-hybridized carbons (Fsp3) is 0.455. The lowest BCUT2D eigenvalue weighted by Crippen LogP contribution is -2.40. The van der Waals surface area contributed by atoms with Crippen molar-refractivity contribution < 1.29 is 19.1 Å². The first kappa shape index (κ1) is 22.9. The Labute approximate surface area is 186 Å². The summed E-state index contributed by atoms with van der Waals surface area (Å²) in [4.78, 5) is 45.3. The van der Waals surface area contributed by atoms with Crippen LogP contribution < -0.4 is 5.32 Å². The van der Waals surface area contributed by atoms with Crippen LogP contribution in [0.3, 0.4) is 0 Å². The molecule has 0 bridgehead atoms. The van der Waals surface area contributed by atoms with E-state index in [4.69, 9.17) is 4.74 Å². The van der Waals surface area contributed by atoms with Crippen molar-refractivity contribution in [2.75, 3.05) is 45.2 Å². The summed E-state index contributed by atoms with van der Waals surface area (Å²) >= 11 is 1.27. The molecule has 3 amide bonds. The van der Waals surface area contributed by atoms with E-state index >= 15 is 0 Å². The number of nitrogens with zero attached hydrogens (tertiary/aromatic N) is 3. The summed E-state index contributed by atoms with van der Waals surface area (Å²) in [6.45, 7) is 4.07. The Morgan fingerprint density at radius 3 is 2.58 bits per heavy atom. The number of aryl methyl sites for hydroxylation is 1. The lowest BCUT2D eigenvalue weighted by atomic mass is 10.1. The van der Waals surface area contributed by atoms with Gasteiger partial charge in [0.15, 0.2) is 5.13 Å². The highest BCUT2D eigenvalue weighted by Crippen LogP contribution is 2.18. The quantitative estimate of drug-likeness (QED) is 0.641. The minimum atomic E-state index is -0.344. The summed E-state index contributed by atoms with van der Waals surface area (Å²) in [7, 11) is 1.55. The van der Waals surface area contributed by atoms with Gasteiger partial charge in [0.2, 0.25) is 11.8 Å². The average molecular weight is 445 g/mol. The third-order valence-corrected chi connectivity index (χ3v) is 5.88. The predicted molar refractivity (Wildman–Crippen MR) is 119 cm³/mol. The normalized spacial score (nSPS) is 13.3. The van der Waals surface area contributed by atoms with Crippen LogP contribution in [0, 0.1) is 6.92 Å². The van der Waals surface area contributed by atoms with Gasteiger partial charge >= 0.3 is 0 Å². The number of ether oxygens (including phenoxy) is 1. The smallest absolute Gasteiger partial charge is 0.254 e. The monoisotopic (exact) mass is 444 g/mol. The van der Waals surface area contributed by atoms with E-state index in [2.05, 4.69) is 10.3 Å². The minimum Gasteiger partial charge on any atom is -0.383 e. The molecular weight excluding hydrogens is 416 g/mol. The number of carbonyl (C=O) groups excluding carboxylic acids is 3. The largest absolute Gasteiger partial charge is 0.383 e. The number of anilines is 1. The molecule has 0 aliphatic carbocycles. The van der Waals surface area contributed by atoms with Gasteiger partial charge in [-0.3, -0.25) is 14.4 Å². The number of rotatable bonds is 9. The summed E-state index contributed by atoms with van der Waals surface area (Å²) in [5.74, 6) is -0.512. The molecule has 1 aliphatic heterocycles. The maximum Gasteiger partial charge on any atom is 0.254 e. The number of benzene rings is 1. The molecule has 1 aromatic carbocycles. The van der Waals surface area contributed by atoms with Crippen LogP contribution in [0.5, 0.6) is 0 Å². The second-order valence-corrected chi connectivity index (χ2v) is 8.40. The van der Waals surface area contributed by atoms with Crippen LogP contribution in [-0.4, -0.2) is 72.4 Å². The van der Waals surface area contributed by atoms with Crippen molar-refractivity contribution in [3.63, 3.8) is 0 Å². The molecule has 0 radical (unpaired) electrons. The van der Waals surface area contributed by atoms with Gasteiger partial charge in [-0.05, 0) is 31.9 Å². The molecule has 31 heavy (non-hydrogen) atoms. The van der Waals surface area contributed by atoms with Crippen LogP contribution in [0.2, 0.25) is 0 Å². The molecule has 2 aromatic rings. The maximum absolute atomic E-state index is 12.8. The van der Waals surface area contributed by atoms with Crippen molar-refractivity contribution >= 4 is 34.2 Å². The lowest BCUT2D eigenvalue weighted by Gasteiger charge is -2.21.